The van der Waals surface area contributed by atoms with Crippen molar-refractivity contribution in [3.05, 3.63) is 57.6 Å². The van der Waals surface area contributed by atoms with Crippen molar-refractivity contribution in [1.82, 2.24) is 5.43 Å². The molecule has 0 spiro atoms. The van der Waals surface area contributed by atoms with Crippen molar-refractivity contribution in [2.24, 2.45) is 5.10 Å². The molecular weight excluding hydrogens is 396 g/mol. The van der Waals surface area contributed by atoms with Gasteiger partial charge < -0.3 is 14.2 Å². The summed E-state index contributed by atoms with van der Waals surface area (Å²) in [6.07, 6.45) is 1.04. The van der Waals surface area contributed by atoms with Crippen LogP contribution in [0.2, 0.25) is 0 Å². The smallest absolute Gasteiger partial charge is 0.323 e. The molecule has 2 aromatic carbocycles. The third-order valence-electron chi connectivity index (χ3n) is 3.53. The Morgan fingerprint density at radius 1 is 1.27 bits per heavy atom. The van der Waals surface area contributed by atoms with Crippen molar-refractivity contribution in [3.63, 3.8) is 0 Å². The molecule has 1 N–H and O–H groups in total. The highest BCUT2D eigenvalue weighted by Crippen LogP contribution is 2.39. The number of nitro benzene ring substituents is 1. The number of nitriles is 1. The van der Waals surface area contributed by atoms with Gasteiger partial charge in [-0.2, -0.15) is 10.4 Å². The molecule has 0 aliphatic carbocycles. The van der Waals surface area contributed by atoms with E-state index in [4.69, 9.17) is 19.5 Å². The molecule has 11 nitrogen and oxygen atoms in total. The fourth-order valence-corrected chi connectivity index (χ4v) is 2.33. The van der Waals surface area contributed by atoms with Crippen LogP contribution in [0.3, 0.4) is 0 Å². The number of nitrogens with one attached hydrogen (secondary N) is 1. The topological polar surface area (TPSA) is 153 Å². The lowest BCUT2D eigenvalue weighted by atomic mass is 10.1. The number of esters is 1. The molecule has 11 heteroatoms. The number of hydrogen-bond acceptors (Lipinski definition) is 9. The summed E-state index contributed by atoms with van der Waals surface area (Å²) >= 11 is 0. The quantitative estimate of drug-likeness (QED) is 0.227. The minimum atomic E-state index is -0.725. The molecule has 0 aliphatic heterocycles. The molecule has 0 fully saturated rings. The second-order valence-corrected chi connectivity index (χ2v) is 5.58. The molecule has 0 unspecified atom stereocenters. The van der Waals surface area contributed by atoms with E-state index in [1.165, 1.54) is 31.4 Å². The third kappa shape index (κ3) is 5.52. The van der Waals surface area contributed by atoms with Crippen LogP contribution in [-0.2, 0) is 9.59 Å². The van der Waals surface area contributed by atoms with Gasteiger partial charge in [-0.1, -0.05) is 12.1 Å². The van der Waals surface area contributed by atoms with Crippen LogP contribution < -0.4 is 19.6 Å². The molecule has 30 heavy (non-hydrogen) atoms. The third-order valence-corrected chi connectivity index (χ3v) is 3.53. The summed E-state index contributed by atoms with van der Waals surface area (Å²) in [6.45, 7) is 0.722. The molecule has 0 aliphatic rings. The van der Waals surface area contributed by atoms with E-state index in [0.717, 1.165) is 13.1 Å². The summed E-state index contributed by atoms with van der Waals surface area (Å²) in [5.74, 6) is -1.47. The number of carbonyl (C=O) groups is 2. The molecule has 0 heterocycles. The number of ether oxygens (including phenoxy) is 3. The van der Waals surface area contributed by atoms with Gasteiger partial charge in [0.2, 0.25) is 5.75 Å². The lowest BCUT2D eigenvalue weighted by Crippen LogP contribution is -2.24. The number of hydrazone groups is 1. The normalized spacial score (nSPS) is 10.2. The van der Waals surface area contributed by atoms with Gasteiger partial charge in [-0.05, 0) is 24.3 Å². The van der Waals surface area contributed by atoms with E-state index in [9.17, 15) is 19.7 Å². The molecule has 154 valence electrons. The number of nitro groups is 1. The highest BCUT2D eigenvalue weighted by molar-refractivity contribution is 5.90. The maximum Gasteiger partial charge on any atom is 0.323 e. The number of nitrogens with zero attached hydrogens (tertiary/aromatic N) is 3. The molecule has 2 rings (SSSR count). The predicted octanol–water partition coefficient (Wildman–Crippen LogP) is 1.93. The summed E-state index contributed by atoms with van der Waals surface area (Å²) in [5.41, 5.74) is 1.94. The Morgan fingerprint density at radius 2 is 2.00 bits per heavy atom. The van der Waals surface area contributed by atoms with Crippen LogP contribution in [0.5, 0.6) is 17.2 Å². The number of carbonyl (C=O) groups excluding carboxylic acids is 2. The van der Waals surface area contributed by atoms with Crippen molar-refractivity contribution in [3.8, 4) is 23.3 Å². The van der Waals surface area contributed by atoms with Crippen LogP contribution in [-0.4, -0.2) is 36.7 Å². The maximum atomic E-state index is 11.9. The van der Waals surface area contributed by atoms with Crippen LogP contribution in [0, 0.1) is 21.4 Å². The minimum Gasteiger partial charge on any atom is -0.488 e. The molecule has 0 radical (unpaired) electrons. The first-order valence-corrected chi connectivity index (χ1v) is 8.35. The van der Waals surface area contributed by atoms with Gasteiger partial charge in [0.15, 0.2) is 12.4 Å². The first kappa shape index (κ1) is 21.8. The van der Waals surface area contributed by atoms with Gasteiger partial charge in [-0.3, -0.25) is 19.7 Å². The summed E-state index contributed by atoms with van der Waals surface area (Å²) in [6, 6.07) is 10.9. The molecule has 0 saturated heterocycles. The summed E-state index contributed by atoms with van der Waals surface area (Å²) < 4.78 is 15.2. The van der Waals surface area contributed by atoms with Gasteiger partial charge in [-0.15, -0.1) is 0 Å². The van der Waals surface area contributed by atoms with Gasteiger partial charge in [0.25, 0.3) is 5.91 Å². The monoisotopic (exact) mass is 412 g/mol. The van der Waals surface area contributed by atoms with E-state index in [0.29, 0.717) is 0 Å². The zero-order chi connectivity index (χ0) is 22.1. The number of hydrogen-bond donors (Lipinski definition) is 1. The number of para-hydroxylation sites is 1. The molecular formula is C19H16N4O7. The highest BCUT2D eigenvalue weighted by Gasteiger charge is 2.25. The first-order chi connectivity index (χ1) is 14.4. The number of methoxy groups -OCH3 is 1. The molecule has 0 bridgehead atoms. The molecule has 0 atom stereocenters. The fourth-order valence-electron chi connectivity index (χ4n) is 2.33. The van der Waals surface area contributed by atoms with Crippen LogP contribution in [0.15, 0.2) is 41.5 Å². The molecule has 2 aromatic rings. The van der Waals surface area contributed by atoms with Crippen molar-refractivity contribution in [2.45, 2.75) is 6.92 Å². The van der Waals surface area contributed by atoms with Gasteiger partial charge in [0.05, 0.1) is 29.4 Å². The Labute approximate surface area is 170 Å². The van der Waals surface area contributed by atoms with Crippen molar-refractivity contribution >= 4 is 23.8 Å². The Morgan fingerprint density at radius 3 is 2.63 bits per heavy atom. The van der Waals surface area contributed by atoms with Gasteiger partial charge in [0, 0.05) is 6.92 Å². The van der Waals surface area contributed by atoms with Gasteiger partial charge in [0.1, 0.15) is 11.8 Å². The average Bonchev–Trinajstić information content (AvgIpc) is 2.72. The minimum absolute atomic E-state index is 0.00352. The zero-order valence-electron chi connectivity index (χ0n) is 15.9. The number of benzene rings is 2. The van der Waals surface area contributed by atoms with E-state index in [2.05, 4.69) is 10.5 Å². The van der Waals surface area contributed by atoms with Crippen LogP contribution in [0.1, 0.15) is 18.1 Å². The van der Waals surface area contributed by atoms with Crippen LogP contribution in [0.4, 0.5) is 5.69 Å². The van der Waals surface area contributed by atoms with Crippen molar-refractivity contribution in [2.75, 3.05) is 13.7 Å². The van der Waals surface area contributed by atoms with Crippen molar-refractivity contribution < 1.29 is 28.7 Å². The maximum absolute atomic E-state index is 11.9. The van der Waals surface area contributed by atoms with E-state index in [-0.39, 0.29) is 28.4 Å². The largest absolute Gasteiger partial charge is 0.488 e. The summed E-state index contributed by atoms with van der Waals surface area (Å²) in [7, 11) is 1.19. The van der Waals surface area contributed by atoms with E-state index in [1.807, 2.05) is 6.07 Å². The Hall–Kier alpha value is -4.46. The second kappa shape index (κ2) is 10.2. The molecule has 1 amide bonds. The SMILES string of the molecule is COc1c(OC(C)=O)ccc(/C=N/NC(=O)COc2ccccc2C#N)c1[N+](=O)[O-]. The Balaban J connectivity index is 2.11. The lowest BCUT2D eigenvalue weighted by Gasteiger charge is -2.09. The highest BCUT2D eigenvalue weighted by atomic mass is 16.6. The predicted molar refractivity (Wildman–Crippen MR) is 103 cm³/mol. The molecule has 0 aromatic heterocycles. The zero-order valence-corrected chi connectivity index (χ0v) is 15.9. The first-order valence-electron chi connectivity index (χ1n) is 8.35. The number of rotatable bonds is 8. The Bertz CT molecular complexity index is 1040. The standard InChI is InChI=1S/C19H16N4O7/c1-12(24)30-16-8-7-14(18(23(26)27)19(16)28-2)10-21-22-17(25)11-29-15-6-4-3-5-13(15)9-20/h3-8,10H,11H2,1-2H3,(H,22,25)/b21-10+. The van der Waals surface area contributed by atoms with Crippen molar-refractivity contribution in [1.29, 1.82) is 5.26 Å². The van der Waals surface area contributed by atoms with E-state index in [1.54, 1.807) is 12.1 Å². The van der Waals surface area contributed by atoms with Crippen LogP contribution >= 0.6 is 0 Å². The second-order valence-electron chi connectivity index (χ2n) is 5.58. The number of amides is 1. The molecule has 0 saturated carbocycles. The lowest BCUT2D eigenvalue weighted by molar-refractivity contribution is -0.385. The van der Waals surface area contributed by atoms with Crippen LogP contribution in [0.25, 0.3) is 0 Å². The van der Waals surface area contributed by atoms with E-state index < -0.39 is 29.1 Å². The summed E-state index contributed by atoms with van der Waals surface area (Å²) in [4.78, 5) is 33.7. The summed E-state index contributed by atoms with van der Waals surface area (Å²) in [5, 5.41) is 24.1. The van der Waals surface area contributed by atoms with E-state index >= 15 is 0 Å². The van der Waals surface area contributed by atoms with Gasteiger partial charge >= 0.3 is 11.7 Å². The Kier molecular flexibility index (Phi) is 7.41. The van der Waals surface area contributed by atoms with Gasteiger partial charge in [-0.25, -0.2) is 5.43 Å². The fraction of sp³-hybridized carbons (Fsp3) is 0.158. The average molecular weight is 412 g/mol.